The summed E-state index contributed by atoms with van der Waals surface area (Å²) in [6, 6.07) is 24.0. The Kier molecular flexibility index (Phi) is 9.09. The summed E-state index contributed by atoms with van der Waals surface area (Å²) in [6.07, 6.45) is 0. The molecule has 226 valence electrons. The lowest BCUT2D eigenvalue weighted by atomic mass is 10.1. The molecular formula is C32H37N5O5S. The summed E-state index contributed by atoms with van der Waals surface area (Å²) >= 11 is 0. The molecule has 4 aromatic rings. The number of hydrogen-bond acceptors (Lipinski definition) is 8. The topological polar surface area (TPSA) is 138 Å². The number of ether oxygens (including phenoxy) is 1. The maximum Gasteiger partial charge on any atom is 0.266 e. The van der Waals surface area contributed by atoms with Crippen LogP contribution in [0.2, 0.25) is 0 Å². The number of para-hydroxylation sites is 1. The molecule has 4 N–H and O–H groups in total. The van der Waals surface area contributed by atoms with E-state index in [0.29, 0.717) is 31.9 Å². The number of carbonyl (C=O) groups is 1. The number of fused-ring (bicyclic) bond motifs is 1. The van der Waals surface area contributed by atoms with Crippen molar-refractivity contribution in [1.29, 1.82) is 0 Å². The van der Waals surface area contributed by atoms with Gasteiger partial charge in [0.05, 0.1) is 17.0 Å². The summed E-state index contributed by atoms with van der Waals surface area (Å²) in [5, 5.41) is 12.2. The first-order valence-electron chi connectivity index (χ1n) is 14.2. The molecule has 1 saturated heterocycles. The van der Waals surface area contributed by atoms with Crippen LogP contribution < -0.4 is 15.2 Å². The summed E-state index contributed by atoms with van der Waals surface area (Å²) in [6.45, 7) is 6.31. The Morgan fingerprint density at radius 3 is 2.35 bits per heavy atom. The monoisotopic (exact) mass is 603 g/mol. The Bertz CT molecular complexity index is 1690. The highest BCUT2D eigenvalue weighted by Crippen LogP contribution is 2.23. The van der Waals surface area contributed by atoms with Crippen molar-refractivity contribution in [3.8, 4) is 5.75 Å². The van der Waals surface area contributed by atoms with Crippen molar-refractivity contribution in [1.82, 2.24) is 19.5 Å². The van der Waals surface area contributed by atoms with E-state index < -0.39 is 28.2 Å². The highest BCUT2D eigenvalue weighted by molar-refractivity contribution is 7.89. The van der Waals surface area contributed by atoms with E-state index in [2.05, 4.69) is 38.9 Å². The van der Waals surface area contributed by atoms with Crippen LogP contribution in [0, 0.1) is 13.8 Å². The van der Waals surface area contributed by atoms with Crippen LogP contribution in [0.5, 0.6) is 5.75 Å². The van der Waals surface area contributed by atoms with Gasteiger partial charge in [0.15, 0.2) is 0 Å². The molecule has 10 nitrogen and oxygen atoms in total. The van der Waals surface area contributed by atoms with Crippen molar-refractivity contribution in [3.05, 3.63) is 101 Å². The predicted octanol–water partition coefficient (Wildman–Crippen LogP) is 2.70. The van der Waals surface area contributed by atoms with Crippen molar-refractivity contribution in [2.75, 3.05) is 32.7 Å². The maximum absolute atomic E-state index is 13.1. The molecule has 5 rings (SSSR count). The van der Waals surface area contributed by atoms with Gasteiger partial charge in [-0.25, -0.2) is 13.1 Å². The van der Waals surface area contributed by atoms with Crippen molar-refractivity contribution in [3.63, 3.8) is 0 Å². The molecule has 1 fully saturated rings. The number of aliphatic hydroxyl groups is 1. The summed E-state index contributed by atoms with van der Waals surface area (Å²) in [5.41, 5.74) is 8.52. The summed E-state index contributed by atoms with van der Waals surface area (Å²) in [7, 11) is -4.06. The molecule has 43 heavy (non-hydrogen) atoms. The van der Waals surface area contributed by atoms with E-state index in [1.165, 1.54) is 28.2 Å². The van der Waals surface area contributed by atoms with Crippen LogP contribution in [-0.4, -0.2) is 72.7 Å². The van der Waals surface area contributed by atoms with Crippen LogP contribution in [0.4, 0.5) is 0 Å². The standard InChI is InChI=1S/C32H37N5O5S/c1-23-7-9-25(10-8-23)20-36-15-17-37(18-16-36)32(39,31(33)38)22-34-43(40,41)28-13-11-27(12-14-28)42-21-26-19-24(2)35-30-6-4-3-5-29(26)30/h3-14,19,34,39H,15-18,20-22H2,1-2H3,(H2,33,38)/t32-/m0/s1. The number of sulfonamides is 1. The number of hydrogen-bond donors (Lipinski definition) is 3. The zero-order chi connectivity index (χ0) is 30.6. The molecule has 0 unspecified atom stereocenters. The van der Waals surface area contributed by atoms with Crippen LogP contribution in [-0.2, 0) is 28.0 Å². The van der Waals surface area contributed by atoms with Gasteiger partial charge in [-0.3, -0.25) is 19.6 Å². The van der Waals surface area contributed by atoms with Gasteiger partial charge >= 0.3 is 0 Å². The Morgan fingerprint density at radius 2 is 1.67 bits per heavy atom. The van der Waals surface area contributed by atoms with E-state index >= 15 is 0 Å². The van der Waals surface area contributed by atoms with Gasteiger partial charge in [0, 0.05) is 49.4 Å². The quantitative estimate of drug-likeness (QED) is 0.238. The largest absolute Gasteiger partial charge is 0.489 e. The Balaban J connectivity index is 1.18. The van der Waals surface area contributed by atoms with E-state index in [0.717, 1.165) is 28.7 Å². The van der Waals surface area contributed by atoms with E-state index in [1.807, 2.05) is 44.2 Å². The minimum absolute atomic E-state index is 0.0280. The lowest BCUT2D eigenvalue weighted by Crippen LogP contribution is -2.66. The highest BCUT2D eigenvalue weighted by atomic mass is 32.2. The fourth-order valence-corrected chi connectivity index (χ4v) is 6.30. The number of nitrogens with one attached hydrogen (secondary N) is 1. The molecule has 1 amide bonds. The number of pyridine rings is 1. The average Bonchev–Trinajstić information content (AvgIpc) is 3.00. The second kappa shape index (κ2) is 12.8. The van der Waals surface area contributed by atoms with Crippen molar-refractivity contribution < 1.29 is 23.1 Å². The number of piperazine rings is 1. The first-order valence-corrected chi connectivity index (χ1v) is 15.6. The van der Waals surface area contributed by atoms with Gasteiger partial charge in [0.25, 0.3) is 5.91 Å². The van der Waals surface area contributed by atoms with Crippen molar-refractivity contribution in [2.45, 2.75) is 37.6 Å². The van der Waals surface area contributed by atoms with E-state index in [1.54, 1.807) is 12.1 Å². The second-order valence-electron chi connectivity index (χ2n) is 11.0. The number of benzene rings is 3. The molecule has 2 heterocycles. The van der Waals surface area contributed by atoms with Crippen LogP contribution in [0.1, 0.15) is 22.4 Å². The third-order valence-corrected chi connectivity index (χ3v) is 9.20. The first kappa shape index (κ1) is 30.6. The molecular weight excluding hydrogens is 566 g/mol. The maximum atomic E-state index is 13.1. The third-order valence-electron chi connectivity index (χ3n) is 7.78. The van der Waals surface area contributed by atoms with Gasteiger partial charge in [0.2, 0.25) is 15.7 Å². The lowest BCUT2D eigenvalue weighted by molar-refractivity contribution is -0.163. The van der Waals surface area contributed by atoms with Crippen molar-refractivity contribution >= 4 is 26.8 Å². The molecule has 3 aromatic carbocycles. The number of amides is 1. The fraction of sp³-hybridized carbons (Fsp3) is 0.312. The number of primary amides is 1. The third kappa shape index (κ3) is 7.20. The SMILES string of the molecule is Cc1ccc(CN2CCN([C@](O)(CNS(=O)(=O)c3ccc(OCc4cc(C)nc5ccccc45)cc3)C(N)=O)CC2)cc1. The number of aryl methyl sites for hydroxylation is 2. The molecule has 1 aliphatic rings. The van der Waals surface area contributed by atoms with Gasteiger partial charge in [-0.05, 0) is 55.8 Å². The molecule has 11 heteroatoms. The van der Waals surface area contributed by atoms with Gasteiger partial charge < -0.3 is 15.6 Å². The molecule has 1 atom stereocenters. The smallest absolute Gasteiger partial charge is 0.266 e. The number of rotatable bonds is 11. The second-order valence-corrected chi connectivity index (χ2v) is 12.7. The zero-order valence-electron chi connectivity index (χ0n) is 24.4. The van der Waals surface area contributed by atoms with Crippen LogP contribution in [0.15, 0.2) is 83.8 Å². The number of aromatic nitrogens is 1. The highest BCUT2D eigenvalue weighted by Gasteiger charge is 2.43. The number of carbonyl (C=O) groups excluding carboxylic acids is 1. The summed E-state index contributed by atoms with van der Waals surface area (Å²) in [4.78, 5) is 20.6. The summed E-state index contributed by atoms with van der Waals surface area (Å²) < 4.78 is 34.5. The Hall–Kier alpha value is -3.87. The average molecular weight is 604 g/mol. The van der Waals surface area contributed by atoms with Gasteiger partial charge in [-0.1, -0.05) is 48.0 Å². The minimum Gasteiger partial charge on any atom is -0.489 e. The number of nitrogens with zero attached hydrogens (tertiary/aromatic N) is 3. The molecule has 0 saturated carbocycles. The van der Waals surface area contributed by atoms with Gasteiger partial charge in [-0.15, -0.1) is 0 Å². The minimum atomic E-state index is -4.06. The molecule has 0 aliphatic carbocycles. The van der Waals surface area contributed by atoms with E-state index in [4.69, 9.17) is 10.5 Å². The van der Waals surface area contributed by atoms with Crippen LogP contribution in [0.25, 0.3) is 10.9 Å². The van der Waals surface area contributed by atoms with Crippen molar-refractivity contribution in [2.24, 2.45) is 5.73 Å². The number of nitrogens with two attached hydrogens (primary N) is 1. The molecule has 0 radical (unpaired) electrons. The normalized spacial score (nSPS) is 16.2. The zero-order valence-corrected chi connectivity index (χ0v) is 25.2. The van der Waals surface area contributed by atoms with Gasteiger partial charge in [-0.2, -0.15) is 0 Å². The molecule has 1 aromatic heterocycles. The van der Waals surface area contributed by atoms with E-state index in [9.17, 15) is 18.3 Å². The summed E-state index contributed by atoms with van der Waals surface area (Å²) in [5.74, 6) is -0.514. The molecule has 1 aliphatic heterocycles. The first-order chi connectivity index (χ1) is 20.5. The van der Waals surface area contributed by atoms with Gasteiger partial charge in [0.1, 0.15) is 12.4 Å². The molecule has 0 bridgehead atoms. The van der Waals surface area contributed by atoms with Crippen LogP contribution >= 0.6 is 0 Å². The predicted molar refractivity (Wildman–Crippen MR) is 165 cm³/mol. The Labute approximate surface area is 252 Å². The Morgan fingerprint density at radius 1 is 1.00 bits per heavy atom. The van der Waals surface area contributed by atoms with E-state index in [-0.39, 0.29) is 11.5 Å². The molecule has 0 spiro atoms. The fourth-order valence-electron chi connectivity index (χ4n) is 5.25. The van der Waals surface area contributed by atoms with Crippen LogP contribution in [0.3, 0.4) is 0 Å². The lowest BCUT2D eigenvalue weighted by Gasteiger charge is -2.42.